The van der Waals surface area contributed by atoms with Gasteiger partial charge in [0.25, 0.3) is 0 Å². The lowest BCUT2D eigenvalue weighted by molar-refractivity contribution is 0.111. The van der Waals surface area contributed by atoms with E-state index in [0.717, 1.165) is 11.3 Å². The SMILES string of the molecule is CCNC(=NCC(OC)c1ccc(F)cc1)Nc1ccc(OC)c(OCC)c1. The Labute approximate surface area is 165 Å². The number of aliphatic imine (C=N–C) groups is 1. The van der Waals surface area contributed by atoms with Crippen molar-refractivity contribution >= 4 is 11.6 Å². The highest BCUT2D eigenvalue weighted by atomic mass is 19.1. The smallest absolute Gasteiger partial charge is 0.195 e. The third kappa shape index (κ3) is 6.13. The summed E-state index contributed by atoms with van der Waals surface area (Å²) in [6.45, 7) is 5.54. The van der Waals surface area contributed by atoms with Gasteiger partial charge in [0.15, 0.2) is 17.5 Å². The third-order valence-corrected chi connectivity index (χ3v) is 4.01. The number of guanidine groups is 1. The lowest BCUT2D eigenvalue weighted by atomic mass is 10.1. The van der Waals surface area contributed by atoms with Gasteiger partial charge in [0.1, 0.15) is 11.9 Å². The second-order valence-electron chi connectivity index (χ2n) is 5.92. The van der Waals surface area contributed by atoms with Crippen molar-refractivity contribution in [2.75, 3.05) is 39.2 Å². The molecule has 0 saturated carbocycles. The molecule has 2 rings (SSSR count). The van der Waals surface area contributed by atoms with Crippen LogP contribution in [0.25, 0.3) is 0 Å². The zero-order valence-corrected chi connectivity index (χ0v) is 16.8. The van der Waals surface area contributed by atoms with E-state index in [1.807, 2.05) is 32.0 Å². The van der Waals surface area contributed by atoms with Gasteiger partial charge in [0, 0.05) is 25.4 Å². The molecule has 2 aromatic rings. The minimum Gasteiger partial charge on any atom is -0.493 e. The summed E-state index contributed by atoms with van der Waals surface area (Å²) >= 11 is 0. The van der Waals surface area contributed by atoms with E-state index >= 15 is 0 Å². The van der Waals surface area contributed by atoms with Crippen LogP contribution in [0.1, 0.15) is 25.5 Å². The van der Waals surface area contributed by atoms with Crippen molar-refractivity contribution in [2.24, 2.45) is 4.99 Å². The van der Waals surface area contributed by atoms with E-state index in [1.54, 1.807) is 26.4 Å². The number of nitrogens with one attached hydrogen (secondary N) is 2. The first-order valence-corrected chi connectivity index (χ1v) is 9.25. The molecule has 0 heterocycles. The summed E-state index contributed by atoms with van der Waals surface area (Å²) in [4.78, 5) is 4.60. The molecule has 0 aliphatic rings. The number of rotatable bonds is 9. The number of anilines is 1. The van der Waals surface area contributed by atoms with E-state index in [-0.39, 0.29) is 11.9 Å². The Hall–Kier alpha value is -2.80. The van der Waals surface area contributed by atoms with Crippen LogP contribution in [0, 0.1) is 5.82 Å². The van der Waals surface area contributed by atoms with Crippen LogP contribution in [0.2, 0.25) is 0 Å². The first-order chi connectivity index (χ1) is 13.6. The zero-order chi connectivity index (χ0) is 20.4. The molecule has 0 spiro atoms. The molecule has 2 N–H and O–H groups in total. The molecule has 0 bridgehead atoms. The molecule has 0 fully saturated rings. The van der Waals surface area contributed by atoms with E-state index < -0.39 is 0 Å². The predicted octanol–water partition coefficient (Wildman–Crippen LogP) is 4.00. The van der Waals surface area contributed by atoms with Crippen LogP contribution in [0.5, 0.6) is 11.5 Å². The highest BCUT2D eigenvalue weighted by Crippen LogP contribution is 2.30. The molecular weight excluding hydrogens is 361 g/mol. The van der Waals surface area contributed by atoms with Gasteiger partial charge < -0.3 is 24.8 Å². The summed E-state index contributed by atoms with van der Waals surface area (Å²) < 4.78 is 29.6. The van der Waals surface area contributed by atoms with Gasteiger partial charge in [0.05, 0.1) is 20.3 Å². The van der Waals surface area contributed by atoms with Crippen molar-refractivity contribution in [3.8, 4) is 11.5 Å². The highest BCUT2D eigenvalue weighted by molar-refractivity contribution is 5.93. The second kappa shape index (κ2) is 11.1. The third-order valence-electron chi connectivity index (χ3n) is 4.01. The maximum atomic E-state index is 13.1. The van der Waals surface area contributed by atoms with Crippen LogP contribution in [-0.2, 0) is 4.74 Å². The summed E-state index contributed by atoms with van der Waals surface area (Å²) in [6.07, 6.45) is -0.272. The average molecular weight is 389 g/mol. The van der Waals surface area contributed by atoms with Crippen molar-refractivity contribution in [1.82, 2.24) is 5.32 Å². The molecule has 152 valence electrons. The number of hydrogen-bond donors (Lipinski definition) is 2. The monoisotopic (exact) mass is 389 g/mol. The van der Waals surface area contributed by atoms with Crippen LogP contribution in [0.3, 0.4) is 0 Å². The Kier molecular flexibility index (Phi) is 8.55. The second-order valence-corrected chi connectivity index (χ2v) is 5.92. The molecule has 0 aliphatic carbocycles. The standard InChI is InChI=1S/C21H28FN3O3/c1-5-23-21(24-14-20(27-4)15-7-9-16(22)10-8-15)25-17-11-12-18(26-3)19(13-17)28-6-2/h7-13,20H,5-6,14H2,1-4H3,(H2,23,24,25). The predicted molar refractivity (Wildman–Crippen MR) is 110 cm³/mol. The Morgan fingerprint density at radius 2 is 1.82 bits per heavy atom. The van der Waals surface area contributed by atoms with Gasteiger partial charge in [-0.25, -0.2) is 9.38 Å². The number of methoxy groups -OCH3 is 2. The normalized spacial score (nSPS) is 12.4. The lowest BCUT2D eigenvalue weighted by Gasteiger charge is -2.17. The van der Waals surface area contributed by atoms with Crippen LogP contribution in [-0.4, -0.2) is 39.9 Å². The number of ether oxygens (including phenoxy) is 3. The number of nitrogens with zero attached hydrogens (tertiary/aromatic N) is 1. The van der Waals surface area contributed by atoms with Crippen molar-refractivity contribution < 1.29 is 18.6 Å². The van der Waals surface area contributed by atoms with Gasteiger partial charge in [-0.1, -0.05) is 12.1 Å². The summed E-state index contributed by atoms with van der Waals surface area (Å²) in [5, 5.41) is 6.46. The lowest BCUT2D eigenvalue weighted by Crippen LogP contribution is -2.31. The Morgan fingerprint density at radius 1 is 1.07 bits per heavy atom. The molecular formula is C21H28FN3O3. The fraction of sp³-hybridized carbons (Fsp3) is 0.381. The van der Waals surface area contributed by atoms with E-state index in [0.29, 0.717) is 37.2 Å². The van der Waals surface area contributed by atoms with Crippen LogP contribution in [0.15, 0.2) is 47.5 Å². The largest absolute Gasteiger partial charge is 0.493 e. The highest BCUT2D eigenvalue weighted by Gasteiger charge is 2.11. The van der Waals surface area contributed by atoms with E-state index in [2.05, 4.69) is 15.6 Å². The number of halogens is 1. The molecule has 6 nitrogen and oxygen atoms in total. The van der Waals surface area contributed by atoms with E-state index in [1.165, 1.54) is 12.1 Å². The Bertz CT molecular complexity index is 766. The maximum Gasteiger partial charge on any atom is 0.195 e. The summed E-state index contributed by atoms with van der Waals surface area (Å²) in [7, 11) is 3.22. The molecule has 28 heavy (non-hydrogen) atoms. The number of hydrogen-bond acceptors (Lipinski definition) is 4. The van der Waals surface area contributed by atoms with E-state index in [9.17, 15) is 4.39 Å². The molecule has 0 saturated heterocycles. The fourth-order valence-corrected chi connectivity index (χ4v) is 2.63. The first kappa shape index (κ1) is 21.5. The van der Waals surface area contributed by atoms with Gasteiger partial charge in [0.2, 0.25) is 0 Å². The zero-order valence-electron chi connectivity index (χ0n) is 16.8. The Balaban J connectivity index is 2.15. The van der Waals surface area contributed by atoms with Crippen molar-refractivity contribution in [3.05, 3.63) is 53.8 Å². The summed E-state index contributed by atoms with van der Waals surface area (Å²) in [6, 6.07) is 11.8. The first-order valence-electron chi connectivity index (χ1n) is 9.25. The number of benzene rings is 2. The van der Waals surface area contributed by atoms with Crippen LogP contribution < -0.4 is 20.1 Å². The molecule has 0 aliphatic heterocycles. The molecule has 1 atom stereocenters. The van der Waals surface area contributed by atoms with Crippen LogP contribution in [0.4, 0.5) is 10.1 Å². The molecule has 0 aromatic heterocycles. The van der Waals surface area contributed by atoms with Crippen molar-refractivity contribution in [2.45, 2.75) is 20.0 Å². The van der Waals surface area contributed by atoms with Gasteiger partial charge in [-0.2, -0.15) is 0 Å². The van der Waals surface area contributed by atoms with Crippen molar-refractivity contribution in [3.63, 3.8) is 0 Å². The molecule has 2 aromatic carbocycles. The van der Waals surface area contributed by atoms with Crippen molar-refractivity contribution in [1.29, 1.82) is 0 Å². The molecule has 0 amide bonds. The van der Waals surface area contributed by atoms with E-state index in [4.69, 9.17) is 14.2 Å². The minimum atomic E-state index is -0.276. The summed E-state index contributed by atoms with van der Waals surface area (Å²) in [5.41, 5.74) is 1.69. The molecule has 7 heteroatoms. The Morgan fingerprint density at radius 3 is 2.43 bits per heavy atom. The average Bonchev–Trinajstić information content (AvgIpc) is 2.70. The van der Waals surface area contributed by atoms with Gasteiger partial charge in [-0.15, -0.1) is 0 Å². The van der Waals surface area contributed by atoms with Gasteiger partial charge in [-0.05, 0) is 43.7 Å². The molecule has 1 unspecified atom stereocenters. The fourth-order valence-electron chi connectivity index (χ4n) is 2.63. The maximum absolute atomic E-state index is 13.1. The topological polar surface area (TPSA) is 64.1 Å². The van der Waals surface area contributed by atoms with Gasteiger partial charge >= 0.3 is 0 Å². The minimum absolute atomic E-state index is 0.272. The molecule has 0 radical (unpaired) electrons. The summed E-state index contributed by atoms with van der Waals surface area (Å²) in [5.74, 6) is 1.66. The quantitative estimate of drug-likeness (QED) is 0.501. The van der Waals surface area contributed by atoms with Crippen LogP contribution >= 0.6 is 0 Å². The van der Waals surface area contributed by atoms with Gasteiger partial charge in [-0.3, -0.25) is 0 Å².